The van der Waals surface area contributed by atoms with Crippen LogP contribution >= 0.6 is 0 Å². The highest BCUT2D eigenvalue weighted by Gasteiger charge is 2.19. The van der Waals surface area contributed by atoms with E-state index in [0.717, 1.165) is 24.1 Å². The van der Waals surface area contributed by atoms with Gasteiger partial charge in [-0.1, -0.05) is 42.8 Å². The van der Waals surface area contributed by atoms with E-state index in [0.29, 0.717) is 0 Å². The van der Waals surface area contributed by atoms with Gasteiger partial charge in [0.1, 0.15) is 5.82 Å². The van der Waals surface area contributed by atoms with Gasteiger partial charge in [-0.25, -0.2) is 4.39 Å². The minimum Gasteiger partial charge on any atom is -0.306 e. The second-order valence-corrected chi connectivity index (χ2v) is 5.90. The van der Waals surface area contributed by atoms with E-state index in [-0.39, 0.29) is 11.9 Å². The van der Waals surface area contributed by atoms with Gasteiger partial charge in [-0.15, -0.1) is 0 Å². The minimum atomic E-state index is -0.132. The maximum Gasteiger partial charge on any atom is 0.128 e. The van der Waals surface area contributed by atoms with Crippen LogP contribution < -0.4 is 5.32 Å². The van der Waals surface area contributed by atoms with Gasteiger partial charge in [0.25, 0.3) is 0 Å². The van der Waals surface area contributed by atoms with Crippen molar-refractivity contribution >= 4 is 0 Å². The molecular formula is C19H22FN. The molecule has 2 heteroatoms. The molecule has 0 heterocycles. The van der Waals surface area contributed by atoms with Crippen LogP contribution in [0.2, 0.25) is 0 Å². The molecule has 0 saturated heterocycles. The molecule has 1 unspecified atom stereocenters. The fourth-order valence-electron chi connectivity index (χ4n) is 3.27. The summed E-state index contributed by atoms with van der Waals surface area (Å²) in [7, 11) is 0. The molecule has 1 aliphatic carbocycles. The molecule has 21 heavy (non-hydrogen) atoms. The van der Waals surface area contributed by atoms with E-state index in [1.54, 1.807) is 6.07 Å². The summed E-state index contributed by atoms with van der Waals surface area (Å²) in [6.07, 6.45) is 3.57. The van der Waals surface area contributed by atoms with Crippen LogP contribution in [-0.4, -0.2) is 6.54 Å². The van der Waals surface area contributed by atoms with Crippen molar-refractivity contribution < 1.29 is 4.39 Å². The number of halogens is 1. The lowest BCUT2D eigenvalue weighted by Crippen LogP contribution is -2.23. The van der Waals surface area contributed by atoms with E-state index in [2.05, 4.69) is 30.4 Å². The molecular weight excluding hydrogens is 261 g/mol. The molecule has 0 aliphatic heterocycles. The van der Waals surface area contributed by atoms with E-state index in [1.807, 2.05) is 19.1 Å². The van der Waals surface area contributed by atoms with Gasteiger partial charge in [0.05, 0.1) is 6.04 Å². The molecule has 0 amide bonds. The molecule has 1 aliphatic rings. The number of hydrogen-bond donors (Lipinski definition) is 1. The van der Waals surface area contributed by atoms with Gasteiger partial charge in [-0.3, -0.25) is 0 Å². The van der Waals surface area contributed by atoms with Crippen molar-refractivity contribution in [3.05, 3.63) is 70.0 Å². The number of aryl methyl sites for hydroxylation is 3. The zero-order valence-electron chi connectivity index (χ0n) is 12.7. The molecule has 0 spiro atoms. The lowest BCUT2D eigenvalue weighted by molar-refractivity contribution is 0.558. The monoisotopic (exact) mass is 283 g/mol. The number of nitrogens with one attached hydrogen (secondary N) is 1. The van der Waals surface area contributed by atoms with Gasteiger partial charge in [-0.2, -0.15) is 0 Å². The second-order valence-electron chi connectivity index (χ2n) is 5.90. The average molecular weight is 283 g/mol. The molecule has 2 aromatic rings. The summed E-state index contributed by atoms with van der Waals surface area (Å²) in [6, 6.07) is 11.9. The first kappa shape index (κ1) is 14.3. The Morgan fingerprint density at radius 1 is 1.10 bits per heavy atom. The first-order chi connectivity index (χ1) is 10.2. The summed E-state index contributed by atoms with van der Waals surface area (Å²) in [6.45, 7) is 4.89. The number of fused-ring (bicyclic) bond motifs is 1. The molecule has 110 valence electrons. The molecule has 0 aromatic heterocycles. The molecule has 2 aromatic carbocycles. The van der Waals surface area contributed by atoms with Crippen LogP contribution in [-0.2, 0) is 12.8 Å². The average Bonchev–Trinajstić information content (AvgIpc) is 2.95. The van der Waals surface area contributed by atoms with Crippen LogP contribution in [0, 0.1) is 12.7 Å². The number of rotatable bonds is 4. The Hall–Kier alpha value is -1.67. The van der Waals surface area contributed by atoms with Gasteiger partial charge in [0.2, 0.25) is 0 Å². The first-order valence-corrected chi connectivity index (χ1v) is 7.80. The summed E-state index contributed by atoms with van der Waals surface area (Å²) in [5.74, 6) is -0.132. The predicted octanol–water partition coefficient (Wildman–Crippen LogP) is 4.32. The van der Waals surface area contributed by atoms with Crippen molar-refractivity contribution in [2.45, 2.75) is 39.2 Å². The van der Waals surface area contributed by atoms with Crippen molar-refractivity contribution in [1.82, 2.24) is 5.32 Å². The molecule has 0 bridgehead atoms. The molecule has 1 nitrogen and oxygen atoms in total. The van der Waals surface area contributed by atoms with Crippen molar-refractivity contribution in [1.29, 1.82) is 0 Å². The minimum absolute atomic E-state index is 0.0687. The largest absolute Gasteiger partial charge is 0.306 e. The Morgan fingerprint density at radius 3 is 2.71 bits per heavy atom. The molecule has 0 radical (unpaired) electrons. The molecule has 1 N–H and O–H groups in total. The zero-order valence-corrected chi connectivity index (χ0v) is 12.7. The third-order valence-corrected chi connectivity index (χ3v) is 4.33. The molecule has 0 fully saturated rings. The van der Waals surface area contributed by atoms with Gasteiger partial charge >= 0.3 is 0 Å². The van der Waals surface area contributed by atoms with Crippen molar-refractivity contribution in [3.63, 3.8) is 0 Å². The zero-order chi connectivity index (χ0) is 14.8. The lowest BCUT2D eigenvalue weighted by atomic mass is 9.94. The highest BCUT2D eigenvalue weighted by molar-refractivity contribution is 5.41. The smallest absolute Gasteiger partial charge is 0.128 e. The third-order valence-electron chi connectivity index (χ3n) is 4.33. The molecule has 1 atom stereocenters. The fraction of sp³-hybridized carbons (Fsp3) is 0.368. The third kappa shape index (κ3) is 2.86. The fourth-order valence-corrected chi connectivity index (χ4v) is 3.27. The Labute approximate surface area is 126 Å². The number of hydrogen-bond acceptors (Lipinski definition) is 1. The topological polar surface area (TPSA) is 12.0 Å². The van der Waals surface area contributed by atoms with Crippen LogP contribution in [0.25, 0.3) is 0 Å². The Morgan fingerprint density at radius 2 is 1.90 bits per heavy atom. The van der Waals surface area contributed by atoms with Crippen molar-refractivity contribution in [2.75, 3.05) is 6.54 Å². The number of benzene rings is 2. The molecule has 0 saturated carbocycles. The second kappa shape index (κ2) is 5.98. The summed E-state index contributed by atoms with van der Waals surface area (Å²) in [5.41, 5.74) is 5.90. The van der Waals surface area contributed by atoms with Crippen molar-refractivity contribution in [3.8, 4) is 0 Å². The van der Waals surface area contributed by atoms with E-state index < -0.39 is 0 Å². The predicted molar refractivity (Wildman–Crippen MR) is 85.1 cm³/mol. The van der Waals surface area contributed by atoms with E-state index in [9.17, 15) is 4.39 Å². The summed E-state index contributed by atoms with van der Waals surface area (Å²) >= 11 is 0. The van der Waals surface area contributed by atoms with Crippen LogP contribution in [0.5, 0.6) is 0 Å². The van der Waals surface area contributed by atoms with Gasteiger partial charge in [0.15, 0.2) is 0 Å². The Balaban J connectivity index is 2.03. The highest BCUT2D eigenvalue weighted by atomic mass is 19.1. The maximum absolute atomic E-state index is 14.3. The van der Waals surface area contributed by atoms with Crippen LogP contribution in [0.15, 0.2) is 36.4 Å². The first-order valence-electron chi connectivity index (χ1n) is 7.80. The summed E-state index contributed by atoms with van der Waals surface area (Å²) < 4.78 is 14.3. The van der Waals surface area contributed by atoms with Crippen molar-refractivity contribution in [2.24, 2.45) is 0 Å². The van der Waals surface area contributed by atoms with E-state index in [4.69, 9.17) is 0 Å². The van der Waals surface area contributed by atoms with E-state index >= 15 is 0 Å². The lowest BCUT2D eigenvalue weighted by Gasteiger charge is -2.21. The van der Waals surface area contributed by atoms with Gasteiger partial charge in [-0.05, 0) is 55.5 Å². The molecule has 3 rings (SSSR count). The van der Waals surface area contributed by atoms with E-state index in [1.165, 1.54) is 29.5 Å². The quantitative estimate of drug-likeness (QED) is 0.881. The normalized spacial score (nSPS) is 15.0. The Bertz CT molecular complexity index is 648. The maximum atomic E-state index is 14.3. The summed E-state index contributed by atoms with van der Waals surface area (Å²) in [5, 5.41) is 3.43. The SMILES string of the molecule is CCNC(c1ccc2c(c1)CCC2)c1cc(C)ccc1F. The van der Waals surface area contributed by atoms with Gasteiger partial charge in [0, 0.05) is 5.56 Å². The highest BCUT2D eigenvalue weighted by Crippen LogP contribution is 2.30. The van der Waals surface area contributed by atoms with Crippen LogP contribution in [0.4, 0.5) is 4.39 Å². The van der Waals surface area contributed by atoms with Crippen LogP contribution in [0.3, 0.4) is 0 Å². The van der Waals surface area contributed by atoms with Crippen LogP contribution in [0.1, 0.15) is 47.2 Å². The summed E-state index contributed by atoms with van der Waals surface area (Å²) in [4.78, 5) is 0. The Kier molecular flexibility index (Phi) is 4.07. The standard InChI is InChI=1S/C19H22FN/c1-3-21-19(17-11-13(2)7-10-18(17)20)16-9-8-14-5-4-6-15(14)12-16/h7-12,19,21H,3-6H2,1-2H3. The van der Waals surface area contributed by atoms with Gasteiger partial charge < -0.3 is 5.32 Å².